The molecule has 1 fully saturated rings. The molecule has 2 N–H and O–H groups in total. The molecular formula is C21H38N6O2. The van der Waals surface area contributed by atoms with Crippen molar-refractivity contribution in [3.63, 3.8) is 0 Å². The van der Waals surface area contributed by atoms with E-state index in [0.29, 0.717) is 13.1 Å². The Kier molecular flexibility index (Phi) is 7.93. The van der Waals surface area contributed by atoms with Crippen molar-refractivity contribution in [2.75, 3.05) is 19.6 Å². The van der Waals surface area contributed by atoms with Gasteiger partial charge in [-0.25, -0.2) is 9.79 Å². The highest BCUT2D eigenvalue weighted by Crippen LogP contribution is 2.20. The molecule has 1 aliphatic rings. The second kappa shape index (κ2) is 9.98. The molecule has 0 aliphatic carbocycles. The zero-order valence-electron chi connectivity index (χ0n) is 19.1. The van der Waals surface area contributed by atoms with Gasteiger partial charge in [-0.05, 0) is 60.8 Å². The number of amides is 1. The van der Waals surface area contributed by atoms with Gasteiger partial charge in [-0.3, -0.25) is 4.68 Å². The van der Waals surface area contributed by atoms with Crippen molar-refractivity contribution < 1.29 is 9.53 Å². The van der Waals surface area contributed by atoms with Crippen LogP contribution in [0.1, 0.15) is 63.9 Å². The fourth-order valence-electron chi connectivity index (χ4n) is 3.53. The van der Waals surface area contributed by atoms with Crippen LogP contribution in [-0.2, 0) is 18.3 Å². The Morgan fingerprint density at radius 2 is 2.00 bits per heavy atom. The molecule has 1 aliphatic heterocycles. The summed E-state index contributed by atoms with van der Waals surface area (Å²) >= 11 is 0. The number of nitrogens with one attached hydrogen (secondary N) is 2. The number of ether oxygens (including phenoxy) is 1. The average molecular weight is 407 g/mol. The number of guanidine groups is 1. The molecule has 0 saturated carbocycles. The summed E-state index contributed by atoms with van der Waals surface area (Å²) in [6, 6.07) is 0.101. The number of aliphatic imine (C=N–C) groups is 1. The van der Waals surface area contributed by atoms with Crippen LogP contribution in [0.2, 0.25) is 0 Å². The molecule has 2 heterocycles. The molecule has 1 unspecified atom stereocenters. The molecule has 8 nitrogen and oxygen atoms in total. The molecular weight excluding hydrogens is 368 g/mol. The first-order chi connectivity index (χ1) is 13.6. The zero-order valence-corrected chi connectivity index (χ0v) is 19.1. The van der Waals surface area contributed by atoms with Crippen molar-refractivity contribution in [3.05, 3.63) is 17.0 Å². The lowest BCUT2D eigenvalue weighted by atomic mass is 10.0. The highest BCUT2D eigenvalue weighted by Gasteiger charge is 2.30. The Balaban J connectivity index is 2.02. The van der Waals surface area contributed by atoms with Gasteiger partial charge in [0.25, 0.3) is 0 Å². The largest absolute Gasteiger partial charge is 0.444 e. The van der Waals surface area contributed by atoms with E-state index in [2.05, 4.69) is 22.7 Å². The molecule has 1 aromatic rings. The predicted octanol–water partition coefficient (Wildman–Crippen LogP) is 2.88. The molecule has 29 heavy (non-hydrogen) atoms. The van der Waals surface area contributed by atoms with Crippen molar-refractivity contribution in [3.8, 4) is 0 Å². The standard InChI is InChI=1S/C21H38N6O2/c1-8-22-19(24-14-18-15(2)25-26(7)16(18)3)23-13-17-11-9-10-12-27(17)20(28)29-21(4,5)6/h17H,8-14H2,1-7H3,(H2,22,23,24). The summed E-state index contributed by atoms with van der Waals surface area (Å²) in [4.78, 5) is 19.2. The summed E-state index contributed by atoms with van der Waals surface area (Å²) in [5.74, 6) is 0.755. The number of aryl methyl sites for hydroxylation is 2. The van der Waals surface area contributed by atoms with Crippen LogP contribution in [0.5, 0.6) is 0 Å². The minimum Gasteiger partial charge on any atom is -0.444 e. The summed E-state index contributed by atoms with van der Waals surface area (Å²) < 4.78 is 7.49. The van der Waals surface area contributed by atoms with E-state index in [9.17, 15) is 4.79 Å². The first-order valence-electron chi connectivity index (χ1n) is 10.6. The number of piperidine rings is 1. The fourth-order valence-corrected chi connectivity index (χ4v) is 3.53. The molecule has 1 atom stereocenters. The Morgan fingerprint density at radius 1 is 1.28 bits per heavy atom. The van der Waals surface area contributed by atoms with Gasteiger partial charge in [0.15, 0.2) is 5.96 Å². The highest BCUT2D eigenvalue weighted by molar-refractivity contribution is 5.80. The highest BCUT2D eigenvalue weighted by atomic mass is 16.6. The number of aromatic nitrogens is 2. The summed E-state index contributed by atoms with van der Waals surface area (Å²) in [5.41, 5.74) is 2.80. The fraction of sp³-hybridized carbons (Fsp3) is 0.762. The molecule has 0 spiro atoms. The van der Waals surface area contributed by atoms with E-state index in [1.165, 1.54) is 0 Å². The number of likely N-dealkylation sites (tertiary alicyclic amines) is 1. The Hall–Kier alpha value is -2.25. The smallest absolute Gasteiger partial charge is 0.410 e. The molecule has 0 aromatic carbocycles. The van der Waals surface area contributed by atoms with Crippen molar-refractivity contribution in [2.45, 2.75) is 79.0 Å². The van der Waals surface area contributed by atoms with E-state index in [-0.39, 0.29) is 12.1 Å². The lowest BCUT2D eigenvalue weighted by Crippen LogP contribution is -2.52. The molecule has 1 amide bonds. The maximum Gasteiger partial charge on any atom is 0.410 e. The van der Waals surface area contributed by atoms with Crippen LogP contribution in [0.3, 0.4) is 0 Å². The van der Waals surface area contributed by atoms with Crippen molar-refractivity contribution in [2.24, 2.45) is 12.0 Å². The van der Waals surface area contributed by atoms with Crippen LogP contribution in [0, 0.1) is 13.8 Å². The van der Waals surface area contributed by atoms with E-state index in [4.69, 9.17) is 9.73 Å². The Bertz CT molecular complexity index is 719. The second-order valence-electron chi connectivity index (χ2n) is 8.67. The van der Waals surface area contributed by atoms with E-state index < -0.39 is 5.60 Å². The summed E-state index contributed by atoms with van der Waals surface area (Å²) in [6.07, 6.45) is 2.87. The number of hydrogen-bond acceptors (Lipinski definition) is 4. The second-order valence-corrected chi connectivity index (χ2v) is 8.67. The maximum absolute atomic E-state index is 12.6. The number of carbonyl (C=O) groups is 1. The summed E-state index contributed by atoms with van der Waals surface area (Å²) in [5, 5.41) is 11.2. The van der Waals surface area contributed by atoms with Crippen LogP contribution >= 0.6 is 0 Å². The third-order valence-corrected chi connectivity index (χ3v) is 5.16. The maximum atomic E-state index is 12.6. The van der Waals surface area contributed by atoms with Gasteiger partial charge in [-0.1, -0.05) is 0 Å². The number of nitrogens with zero attached hydrogens (tertiary/aromatic N) is 4. The Morgan fingerprint density at radius 3 is 2.59 bits per heavy atom. The number of carbonyl (C=O) groups excluding carboxylic acids is 1. The third-order valence-electron chi connectivity index (χ3n) is 5.16. The SMILES string of the molecule is CCNC(=NCc1c(C)nn(C)c1C)NCC1CCCCN1C(=O)OC(C)(C)C. The van der Waals surface area contributed by atoms with Crippen LogP contribution in [0.4, 0.5) is 4.79 Å². The van der Waals surface area contributed by atoms with Gasteiger partial charge < -0.3 is 20.3 Å². The average Bonchev–Trinajstić information content (AvgIpc) is 2.88. The summed E-state index contributed by atoms with van der Waals surface area (Å²) in [6.45, 7) is 14.6. The van der Waals surface area contributed by atoms with Crippen LogP contribution in [-0.4, -0.2) is 58.0 Å². The Labute approximate surface area is 175 Å². The lowest BCUT2D eigenvalue weighted by Gasteiger charge is -2.37. The monoisotopic (exact) mass is 406 g/mol. The molecule has 0 bridgehead atoms. The quantitative estimate of drug-likeness (QED) is 0.580. The molecule has 1 aromatic heterocycles. The third kappa shape index (κ3) is 6.65. The topological polar surface area (TPSA) is 83.8 Å². The van der Waals surface area contributed by atoms with E-state index in [1.807, 2.05) is 51.2 Å². The molecule has 2 rings (SSSR count). The minimum absolute atomic E-state index is 0.101. The van der Waals surface area contributed by atoms with Gasteiger partial charge in [-0.2, -0.15) is 5.10 Å². The van der Waals surface area contributed by atoms with Crippen molar-refractivity contribution in [1.82, 2.24) is 25.3 Å². The predicted molar refractivity (Wildman–Crippen MR) is 116 cm³/mol. The first kappa shape index (κ1) is 23.0. The van der Waals surface area contributed by atoms with Crippen LogP contribution < -0.4 is 10.6 Å². The van der Waals surface area contributed by atoms with Gasteiger partial charge in [0.2, 0.25) is 0 Å². The lowest BCUT2D eigenvalue weighted by molar-refractivity contribution is 0.0104. The van der Waals surface area contributed by atoms with Gasteiger partial charge >= 0.3 is 6.09 Å². The zero-order chi connectivity index (χ0) is 21.6. The van der Waals surface area contributed by atoms with Gasteiger partial charge in [0.1, 0.15) is 5.60 Å². The van der Waals surface area contributed by atoms with Crippen molar-refractivity contribution >= 4 is 12.1 Å². The normalized spacial score (nSPS) is 18.0. The molecule has 8 heteroatoms. The van der Waals surface area contributed by atoms with E-state index in [1.54, 1.807) is 0 Å². The van der Waals surface area contributed by atoms with E-state index >= 15 is 0 Å². The van der Waals surface area contributed by atoms with Crippen LogP contribution in [0.25, 0.3) is 0 Å². The minimum atomic E-state index is -0.484. The summed E-state index contributed by atoms with van der Waals surface area (Å²) in [7, 11) is 1.95. The van der Waals surface area contributed by atoms with E-state index in [0.717, 1.165) is 55.3 Å². The van der Waals surface area contributed by atoms with Crippen LogP contribution in [0.15, 0.2) is 4.99 Å². The van der Waals surface area contributed by atoms with Crippen molar-refractivity contribution in [1.29, 1.82) is 0 Å². The van der Waals surface area contributed by atoms with Gasteiger partial charge in [0.05, 0.1) is 18.3 Å². The molecule has 0 radical (unpaired) electrons. The van der Waals surface area contributed by atoms with Gasteiger partial charge in [0, 0.05) is 37.9 Å². The number of hydrogen-bond donors (Lipinski definition) is 2. The van der Waals surface area contributed by atoms with Gasteiger partial charge in [-0.15, -0.1) is 0 Å². The molecule has 1 saturated heterocycles. The number of rotatable bonds is 5. The first-order valence-corrected chi connectivity index (χ1v) is 10.6. The molecule has 164 valence electrons.